The number of benzene rings is 1. The van der Waals surface area contributed by atoms with E-state index in [0.29, 0.717) is 15.9 Å². The molecule has 21 heavy (non-hydrogen) atoms. The van der Waals surface area contributed by atoms with E-state index in [1.807, 2.05) is 17.8 Å². The average Bonchev–Trinajstić information content (AvgIpc) is 3.07. The maximum absolute atomic E-state index is 13.7. The molecule has 1 heterocycles. The summed E-state index contributed by atoms with van der Waals surface area (Å²) in [6, 6.07) is 3.29. The molecular formula is C15H17BrClFN2S. The summed E-state index contributed by atoms with van der Waals surface area (Å²) in [7, 11) is 0. The molecule has 0 atom stereocenters. The molecule has 0 aliphatic heterocycles. The van der Waals surface area contributed by atoms with E-state index in [1.165, 1.54) is 31.7 Å². The van der Waals surface area contributed by atoms with Crippen molar-refractivity contribution in [3.8, 4) is 0 Å². The molecule has 0 saturated heterocycles. The Balaban J connectivity index is 2.09. The highest BCUT2D eigenvalue weighted by Crippen LogP contribution is 2.42. The minimum Gasteiger partial charge on any atom is -0.326 e. The number of rotatable bonds is 4. The van der Waals surface area contributed by atoms with Crippen LogP contribution in [0.4, 0.5) is 4.39 Å². The van der Waals surface area contributed by atoms with Gasteiger partial charge in [0.1, 0.15) is 11.6 Å². The molecule has 1 aromatic carbocycles. The molecule has 1 aromatic heterocycles. The van der Waals surface area contributed by atoms with Gasteiger partial charge >= 0.3 is 0 Å². The third-order valence-electron chi connectivity index (χ3n) is 4.38. The highest BCUT2D eigenvalue weighted by molar-refractivity contribution is 9.10. The van der Waals surface area contributed by atoms with Crippen LogP contribution in [-0.2, 0) is 12.4 Å². The Morgan fingerprint density at radius 1 is 1.43 bits per heavy atom. The van der Waals surface area contributed by atoms with Crippen LogP contribution in [0.3, 0.4) is 0 Å². The van der Waals surface area contributed by atoms with Crippen molar-refractivity contribution in [3.05, 3.63) is 28.2 Å². The Hall–Kier alpha value is -0.260. The topological polar surface area (TPSA) is 17.8 Å². The van der Waals surface area contributed by atoms with E-state index in [-0.39, 0.29) is 10.6 Å². The van der Waals surface area contributed by atoms with Gasteiger partial charge in [0.05, 0.1) is 21.4 Å². The number of nitrogens with zero attached hydrogens (tertiary/aromatic N) is 2. The van der Waals surface area contributed by atoms with Gasteiger partial charge in [-0.15, -0.1) is 11.6 Å². The van der Waals surface area contributed by atoms with Gasteiger partial charge in [0, 0.05) is 17.4 Å². The van der Waals surface area contributed by atoms with E-state index in [2.05, 4.69) is 31.7 Å². The van der Waals surface area contributed by atoms with Gasteiger partial charge in [0.15, 0.2) is 0 Å². The molecule has 114 valence electrons. The molecule has 0 N–H and O–H groups in total. The first-order chi connectivity index (χ1) is 10.1. The number of hydrogen-bond acceptors (Lipinski definition) is 2. The molecule has 1 fully saturated rings. The van der Waals surface area contributed by atoms with Gasteiger partial charge in [-0.05, 0) is 41.1 Å². The number of thioether (sulfide) groups is 1. The molecule has 0 radical (unpaired) electrons. The summed E-state index contributed by atoms with van der Waals surface area (Å²) in [4.78, 5) is 4.50. The van der Waals surface area contributed by atoms with Crippen LogP contribution < -0.4 is 0 Å². The normalized spacial score (nSPS) is 17.7. The molecule has 0 bridgehead atoms. The van der Waals surface area contributed by atoms with E-state index in [9.17, 15) is 4.39 Å². The van der Waals surface area contributed by atoms with Crippen molar-refractivity contribution in [3.63, 3.8) is 0 Å². The van der Waals surface area contributed by atoms with Gasteiger partial charge in [-0.25, -0.2) is 9.37 Å². The molecule has 1 aliphatic rings. The molecule has 3 rings (SSSR count). The van der Waals surface area contributed by atoms with E-state index in [4.69, 9.17) is 11.6 Å². The Morgan fingerprint density at radius 2 is 2.14 bits per heavy atom. The van der Waals surface area contributed by atoms with Crippen LogP contribution >= 0.6 is 39.3 Å². The molecule has 0 spiro atoms. The minimum atomic E-state index is -0.284. The first kappa shape index (κ1) is 15.6. The van der Waals surface area contributed by atoms with E-state index >= 15 is 0 Å². The Labute approximate surface area is 141 Å². The number of aromatic nitrogens is 2. The van der Waals surface area contributed by atoms with Crippen molar-refractivity contribution < 1.29 is 4.39 Å². The van der Waals surface area contributed by atoms with Crippen LogP contribution in [0.2, 0.25) is 0 Å². The maximum atomic E-state index is 13.7. The Morgan fingerprint density at radius 3 is 2.76 bits per heavy atom. The quantitative estimate of drug-likeness (QED) is 0.654. The van der Waals surface area contributed by atoms with Crippen LogP contribution in [0.1, 0.15) is 31.5 Å². The smallest absolute Gasteiger partial charge is 0.139 e. The SMILES string of the molecule is CSC1(Cn2c(CCl)nc3cc(F)c(Br)cc32)CCCC1. The van der Waals surface area contributed by atoms with Crippen LogP contribution in [0.25, 0.3) is 11.0 Å². The minimum absolute atomic E-state index is 0.259. The van der Waals surface area contributed by atoms with Gasteiger partial charge < -0.3 is 4.57 Å². The van der Waals surface area contributed by atoms with E-state index in [1.54, 1.807) is 0 Å². The molecule has 2 aromatic rings. The molecule has 0 unspecified atom stereocenters. The molecule has 1 aliphatic carbocycles. The van der Waals surface area contributed by atoms with Gasteiger partial charge in [0.2, 0.25) is 0 Å². The molecular weight excluding hydrogens is 375 g/mol. The molecule has 1 saturated carbocycles. The lowest BCUT2D eigenvalue weighted by Crippen LogP contribution is -2.27. The lowest BCUT2D eigenvalue weighted by Gasteiger charge is -2.28. The Bertz CT molecular complexity index is 667. The lowest BCUT2D eigenvalue weighted by molar-refractivity contribution is 0.505. The third-order valence-corrected chi connectivity index (χ3v) is 6.63. The van der Waals surface area contributed by atoms with Crippen molar-refractivity contribution in [1.29, 1.82) is 0 Å². The van der Waals surface area contributed by atoms with Gasteiger partial charge in [0.25, 0.3) is 0 Å². The number of hydrogen-bond donors (Lipinski definition) is 0. The monoisotopic (exact) mass is 390 g/mol. The van der Waals surface area contributed by atoms with Gasteiger partial charge in [-0.3, -0.25) is 0 Å². The average molecular weight is 392 g/mol. The number of fused-ring (bicyclic) bond motifs is 1. The fourth-order valence-electron chi connectivity index (χ4n) is 3.18. The zero-order valence-corrected chi connectivity index (χ0v) is 15.0. The van der Waals surface area contributed by atoms with Gasteiger partial charge in [-0.1, -0.05) is 12.8 Å². The lowest BCUT2D eigenvalue weighted by atomic mass is 10.1. The van der Waals surface area contributed by atoms with Crippen LogP contribution in [0.15, 0.2) is 16.6 Å². The predicted molar refractivity (Wildman–Crippen MR) is 91.7 cm³/mol. The fourth-order valence-corrected chi connectivity index (χ4v) is 4.67. The maximum Gasteiger partial charge on any atom is 0.139 e. The largest absolute Gasteiger partial charge is 0.326 e. The zero-order chi connectivity index (χ0) is 15.0. The van der Waals surface area contributed by atoms with E-state index < -0.39 is 0 Å². The van der Waals surface area contributed by atoms with Crippen molar-refractivity contribution in [1.82, 2.24) is 9.55 Å². The Kier molecular flexibility index (Phi) is 4.53. The summed E-state index contributed by atoms with van der Waals surface area (Å²) in [5.74, 6) is 0.886. The second-order valence-corrected chi connectivity index (χ2v) is 7.99. The van der Waals surface area contributed by atoms with Crippen molar-refractivity contribution in [2.45, 2.75) is 42.9 Å². The number of imidazole rings is 1. The molecule has 0 amide bonds. The summed E-state index contributed by atoms with van der Waals surface area (Å²) < 4.78 is 16.6. The third kappa shape index (κ3) is 2.84. The second-order valence-electron chi connectivity index (χ2n) is 5.60. The first-order valence-electron chi connectivity index (χ1n) is 7.04. The predicted octanol–water partition coefficient (Wildman–Crippen LogP) is 5.35. The fraction of sp³-hybridized carbons (Fsp3) is 0.533. The number of halogens is 3. The van der Waals surface area contributed by atoms with Gasteiger partial charge in [-0.2, -0.15) is 11.8 Å². The summed E-state index contributed by atoms with van der Waals surface area (Å²) in [6.45, 7) is 0.894. The van der Waals surface area contributed by atoms with Crippen LogP contribution in [-0.4, -0.2) is 20.6 Å². The number of alkyl halides is 1. The van der Waals surface area contributed by atoms with Crippen molar-refractivity contribution in [2.24, 2.45) is 0 Å². The summed E-state index contributed by atoms with van der Waals surface area (Å²) in [5.41, 5.74) is 1.64. The van der Waals surface area contributed by atoms with Crippen LogP contribution in [0.5, 0.6) is 0 Å². The van der Waals surface area contributed by atoms with Crippen molar-refractivity contribution in [2.75, 3.05) is 6.26 Å². The van der Waals surface area contributed by atoms with Crippen LogP contribution in [0, 0.1) is 5.82 Å². The molecule has 6 heteroatoms. The summed E-state index contributed by atoms with van der Waals surface area (Å²) in [6.07, 6.45) is 7.18. The summed E-state index contributed by atoms with van der Waals surface area (Å²) >= 11 is 11.3. The van der Waals surface area contributed by atoms with E-state index in [0.717, 1.165) is 17.9 Å². The zero-order valence-electron chi connectivity index (χ0n) is 11.8. The second kappa shape index (κ2) is 6.09. The highest BCUT2D eigenvalue weighted by atomic mass is 79.9. The molecule has 2 nitrogen and oxygen atoms in total. The highest BCUT2D eigenvalue weighted by Gasteiger charge is 2.34. The standard InChI is InChI=1S/C15H17BrClFN2S/c1-21-15(4-2-3-5-15)9-20-13-6-10(16)11(18)7-12(13)19-14(20)8-17/h6-7H,2-5,8-9H2,1H3. The summed E-state index contributed by atoms with van der Waals surface area (Å²) in [5, 5.41) is 0. The first-order valence-corrected chi connectivity index (χ1v) is 9.59. The van der Waals surface area contributed by atoms with Crippen molar-refractivity contribution >= 4 is 50.3 Å².